The summed E-state index contributed by atoms with van der Waals surface area (Å²) in [4.78, 5) is 11.8. The molecule has 4 N–H and O–H groups in total. The van der Waals surface area contributed by atoms with Crippen LogP contribution in [0.5, 0.6) is 5.75 Å². The van der Waals surface area contributed by atoms with Gasteiger partial charge in [0.15, 0.2) is 0 Å². The highest BCUT2D eigenvalue weighted by Gasteiger charge is 2.28. The number of primary amides is 1. The number of hydrogen-bond donors (Lipinski definition) is 3. The molecule has 0 saturated carbocycles. The first-order valence-electron chi connectivity index (χ1n) is 17.5. The number of ether oxygens (including phenoxy) is 4. The van der Waals surface area contributed by atoms with Crippen molar-refractivity contribution in [1.82, 2.24) is 9.62 Å². The van der Waals surface area contributed by atoms with Crippen molar-refractivity contribution in [3.63, 3.8) is 0 Å². The second kappa shape index (κ2) is 19.9. The number of nitrogens with two attached hydrogens (primary N) is 1. The quantitative estimate of drug-likeness (QED) is 0.0742. The van der Waals surface area contributed by atoms with Gasteiger partial charge < -0.3 is 35.1 Å². The number of hydrogen-bond acceptors (Lipinski definition) is 9. The molecule has 1 amide bonds. The molecule has 0 aliphatic carbocycles. The van der Waals surface area contributed by atoms with Crippen LogP contribution in [0.15, 0.2) is 47.4 Å². The monoisotopic (exact) mass is 721 g/mol. The van der Waals surface area contributed by atoms with Crippen molar-refractivity contribution >= 4 is 24.0 Å². The zero-order valence-corrected chi connectivity index (χ0v) is 32.0. The van der Waals surface area contributed by atoms with Gasteiger partial charge in [0, 0.05) is 53.9 Å². The van der Waals surface area contributed by atoms with Gasteiger partial charge >= 0.3 is 0 Å². The molecule has 0 fully saturated rings. The number of carbonyl (C=O) groups excluding carboxylic acids is 1. The molecule has 0 unspecified atom stereocenters. The van der Waals surface area contributed by atoms with E-state index < -0.39 is 42.4 Å². The Morgan fingerprint density at radius 2 is 1.76 bits per heavy atom. The minimum atomic E-state index is -3.94. The van der Waals surface area contributed by atoms with E-state index in [-0.39, 0.29) is 11.6 Å². The number of aryl methyl sites for hydroxylation is 1. The van der Waals surface area contributed by atoms with Crippen LogP contribution in [0.25, 0.3) is 0 Å². The first kappa shape index (κ1) is 41.1. The van der Waals surface area contributed by atoms with Gasteiger partial charge in [0.2, 0.25) is 21.7 Å². The first-order valence-corrected chi connectivity index (χ1v) is 22.7. The summed E-state index contributed by atoms with van der Waals surface area (Å²) in [5.41, 5.74) is 8.08. The van der Waals surface area contributed by atoms with E-state index in [1.54, 1.807) is 18.2 Å². The van der Waals surface area contributed by atoms with Crippen LogP contribution in [0.3, 0.4) is 0 Å². The molecule has 1 atom stereocenters. The Kier molecular flexibility index (Phi) is 16.7. The minimum absolute atomic E-state index is 0.132. The molecule has 3 rings (SSSR count). The molecule has 0 spiro atoms. The van der Waals surface area contributed by atoms with Crippen molar-refractivity contribution in [3.05, 3.63) is 59.2 Å². The number of unbranched alkanes of at least 4 members (excludes halogenated alkanes) is 4. The van der Waals surface area contributed by atoms with Crippen LogP contribution < -0.4 is 15.8 Å². The molecule has 1 heterocycles. The van der Waals surface area contributed by atoms with Gasteiger partial charge in [0.1, 0.15) is 12.5 Å². The maximum Gasteiger partial charge on any atom is 0.245 e. The summed E-state index contributed by atoms with van der Waals surface area (Å²) in [5, 5.41) is 13.9. The van der Waals surface area contributed by atoms with Crippen molar-refractivity contribution in [1.29, 1.82) is 0 Å². The molecule has 276 valence electrons. The first-order chi connectivity index (χ1) is 23.2. The fourth-order valence-electron chi connectivity index (χ4n) is 5.29. The summed E-state index contributed by atoms with van der Waals surface area (Å²) in [6, 6.07) is 13.5. The number of nitrogens with zero attached hydrogens (tertiary/aromatic N) is 1. The Balaban J connectivity index is 1.24. The molecule has 1 aliphatic rings. The fourth-order valence-corrected chi connectivity index (χ4v) is 7.41. The van der Waals surface area contributed by atoms with Crippen LogP contribution in [-0.2, 0) is 42.1 Å². The smallest absolute Gasteiger partial charge is 0.245 e. The van der Waals surface area contributed by atoms with E-state index >= 15 is 0 Å². The lowest BCUT2D eigenvalue weighted by Crippen LogP contribution is -2.40. The second-order valence-electron chi connectivity index (χ2n) is 14.4. The van der Waals surface area contributed by atoms with Crippen molar-refractivity contribution in [2.24, 2.45) is 5.73 Å². The van der Waals surface area contributed by atoms with Crippen LogP contribution in [0.2, 0.25) is 25.7 Å². The fraction of sp³-hybridized carbons (Fsp3) is 0.639. The summed E-state index contributed by atoms with van der Waals surface area (Å²) < 4.78 is 50.7. The van der Waals surface area contributed by atoms with E-state index in [9.17, 15) is 18.3 Å². The number of aliphatic hydroxyl groups excluding tert-OH is 1. The minimum Gasteiger partial charge on any atom is -0.463 e. The van der Waals surface area contributed by atoms with Gasteiger partial charge in [-0.2, -0.15) is 4.31 Å². The lowest BCUT2D eigenvalue weighted by Gasteiger charge is -2.33. The van der Waals surface area contributed by atoms with Crippen molar-refractivity contribution < 1.29 is 37.3 Å². The maximum absolute atomic E-state index is 13.3. The predicted molar refractivity (Wildman–Crippen MR) is 194 cm³/mol. The third-order valence-electron chi connectivity index (χ3n) is 8.23. The van der Waals surface area contributed by atoms with Gasteiger partial charge in [-0.15, -0.1) is 0 Å². The lowest BCUT2D eigenvalue weighted by atomic mass is 10.0. The lowest BCUT2D eigenvalue weighted by molar-refractivity contribution is -0.180. The van der Waals surface area contributed by atoms with Crippen molar-refractivity contribution in [2.45, 2.75) is 108 Å². The van der Waals surface area contributed by atoms with Crippen LogP contribution in [0.1, 0.15) is 75.2 Å². The summed E-state index contributed by atoms with van der Waals surface area (Å²) in [6.45, 7) is 13.4. The van der Waals surface area contributed by atoms with E-state index in [0.717, 1.165) is 90.9 Å². The van der Waals surface area contributed by atoms with Gasteiger partial charge in [0.05, 0.1) is 24.2 Å². The van der Waals surface area contributed by atoms with Gasteiger partial charge in [-0.1, -0.05) is 50.7 Å². The predicted octanol–water partition coefficient (Wildman–Crippen LogP) is 5.34. The number of benzene rings is 2. The molecule has 0 aromatic heterocycles. The molecular formula is C36H59N3O8SSi. The summed E-state index contributed by atoms with van der Waals surface area (Å²) in [6.07, 6.45) is 6.11. The largest absolute Gasteiger partial charge is 0.463 e. The molecule has 11 nitrogen and oxygen atoms in total. The molecule has 13 heteroatoms. The van der Waals surface area contributed by atoms with Gasteiger partial charge in [-0.3, -0.25) is 4.79 Å². The number of amides is 1. The third kappa shape index (κ3) is 15.2. The SMILES string of the molecule is CC1(C)OCc2cc([C@@H](O)CNCCCCCCOCCCCc3cccc(S(=O)(=O)N(COCC[Si](C)(C)C)CC(N)=O)c3)ccc2O1. The number of fused-ring (bicyclic) bond motifs is 1. The molecule has 0 bridgehead atoms. The summed E-state index contributed by atoms with van der Waals surface area (Å²) >= 11 is 0. The standard InChI is InChI=1S/C36H59N3O8SSi/c1-36(2)46-27-31-24-30(16-17-34(31)47-36)33(40)25-38-18-9-6-7-10-19-44-20-11-8-13-29-14-12-15-32(23-29)48(42,43)39(26-35(37)41)28-45-21-22-49(3,4)5/h12,14-17,23-24,33,38,40H,6-11,13,18-22,25-28H2,1-5H3,(H2,37,41)/t33-/m0/s1. The van der Waals surface area contributed by atoms with Crippen molar-refractivity contribution in [3.8, 4) is 5.75 Å². The molecule has 2 aromatic carbocycles. The Morgan fingerprint density at radius 1 is 1.02 bits per heavy atom. The zero-order chi connectivity index (χ0) is 35.9. The van der Waals surface area contributed by atoms with Crippen molar-refractivity contribution in [2.75, 3.05) is 46.2 Å². The van der Waals surface area contributed by atoms with Crippen LogP contribution >= 0.6 is 0 Å². The number of rotatable bonds is 24. The molecule has 2 aromatic rings. The van der Waals surface area contributed by atoms with E-state index in [2.05, 4.69) is 25.0 Å². The van der Waals surface area contributed by atoms with Gasteiger partial charge in [-0.25, -0.2) is 8.42 Å². The molecule has 49 heavy (non-hydrogen) atoms. The second-order valence-corrected chi connectivity index (χ2v) is 22.0. The maximum atomic E-state index is 13.3. The average Bonchev–Trinajstić information content (AvgIpc) is 3.03. The average molecular weight is 722 g/mol. The Labute approximate surface area is 294 Å². The highest BCUT2D eigenvalue weighted by molar-refractivity contribution is 7.89. The topological polar surface area (TPSA) is 150 Å². The molecule has 1 aliphatic heterocycles. The Morgan fingerprint density at radius 3 is 2.49 bits per heavy atom. The van der Waals surface area contributed by atoms with Gasteiger partial charge in [0.25, 0.3) is 0 Å². The van der Waals surface area contributed by atoms with E-state index in [4.69, 9.17) is 24.7 Å². The van der Waals surface area contributed by atoms with E-state index in [1.807, 2.05) is 38.1 Å². The zero-order valence-electron chi connectivity index (χ0n) is 30.2. The third-order valence-corrected chi connectivity index (χ3v) is 11.7. The summed E-state index contributed by atoms with van der Waals surface area (Å²) in [5.74, 6) is -0.548. The number of nitrogens with one attached hydrogen (secondary N) is 1. The normalized spacial score (nSPS) is 15.2. The van der Waals surface area contributed by atoms with Crippen LogP contribution in [-0.4, -0.2) is 83.8 Å². The van der Waals surface area contributed by atoms with Gasteiger partial charge in [-0.05, 0) is 80.1 Å². The summed E-state index contributed by atoms with van der Waals surface area (Å²) in [7, 11) is -5.28. The Hall–Kier alpha value is -2.36. The molecule has 0 saturated heterocycles. The van der Waals surface area contributed by atoms with E-state index in [1.165, 1.54) is 0 Å². The number of carbonyl (C=O) groups is 1. The highest BCUT2D eigenvalue weighted by Crippen LogP contribution is 2.33. The highest BCUT2D eigenvalue weighted by atomic mass is 32.2. The van der Waals surface area contributed by atoms with E-state index in [0.29, 0.717) is 26.4 Å². The number of sulfonamides is 1. The van der Waals surface area contributed by atoms with Crippen LogP contribution in [0.4, 0.5) is 0 Å². The van der Waals surface area contributed by atoms with Crippen LogP contribution in [0, 0.1) is 0 Å². The molecular weight excluding hydrogens is 663 g/mol. The number of aliphatic hydroxyl groups is 1. The molecule has 0 radical (unpaired) electrons. The Bertz CT molecular complexity index is 1420.